The molecule has 1 saturated heterocycles. The molecule has 14 heteroatoms. The lowest BCUT2D eigenvalue weighted by atomic mass is 9.69. The van der Waals surface area contributed by atoms with Crippen LogP contribution >= 0.6 is 11.6 Å². The second kappa shape index (κ2) is 12.0. The second-order valence-electron chi connectivity index (χ2n) is 10.9. The van der Waals surface area contributed by atoms with Gasteiger partial charge >= 0.3 is 6.18 Å². The molecular formula is C28H32ClF3N6O4. The zero-order valence-corrected chi connectivity index (χ0v) is 24.1. The Hall–Kier alpha value is -3.55. The number of piperidine rings is 1. The summed E-state index contributed by atoms with van der Waals surface area (Å²) in [5.74, 6) is -2.14. The first kappa shape index (κ1) is 31.4. The molecule has 1 fully saturated rings. The fourth-order valence-electron chi connectivity index (χ4n) is 5.20. The van der Waals surface area contributed by atoms with E-state index in [1.54, 1.807) is 43.3 Å². The van der Waals surface area contributed by atoms with Gasteiger partial charge in [0.1, 0.15) is 12.6 Å². The molecule has 3 atom stereocenters. The van der Waals surface area contributed by atoms with E-state index in [4.69, 9.17) is 22.1 Å². The Morgan fingerprint density at radius 2 is 1.98 bits per heavy atom. The largest absolute Gasteiger partial charge is 0.408 e. The van der Waals surface area contributed by atoms with E-state index in [-0.39, 0.29) is 37.6 Å². The molecule has 3 amide bonds. The number of likely N-dealkylation sites (tertiary alicyclic amines) is 1. The molecule has 1 aromatic carbocycles. The van der Waals surface area contributed by atoms with Gasteiger partial charge in [-0.15, -0.1) is 0 Å². The van der Waals surface area contributed by atoms with Crippen LogP contribution in [0.2, 0.25) is 5.02 Å². The Labute approximate surface area is 246 Å². The van der Waals surface area contributed by atoms with Gasteiger partial charge in [-0.3, -0.25) is 19.4 Å². The lowest BCUT2D eigenvalue weighted by Gasteiger charge is -2.46. The summed E-state index contributed by atoms with van der Waals surface area (Å²) < 4.78 is 45.9. The van der Waals surface area contributed by atoms with Gasteiger partial charge in [-0.2, -0.15) is 18.3 Å². The highest BCUT2D eigenvalue weighted by atomic mass is 35.5. The molecule has 3 heterocycles. The van der Waals surface area contributed by atoms with E-state index in [0.717, 1.165) is 5.56 Å². The van der Waals surface area contributed by atoms with Crippen LogP contribution in [0.1, 0.15) is 38.4 Å². The van der Waals surface area contributed by atoms with Gasteiger partial charge in [0.25, 0.3) is 5.91 Å². The fourth-order valence-corrected chi connectivity index (χ4v) is 5.42. The summed E-state index contributed by atoms with van der Waals surface area (Å²) >= 11 is 6.04. The van der Waals surface area contributed by atoms with Crippen molar-refractivity contribution in [1.82, 2.24) is 20.2 Å². The summed E-state index contributed by atoms with van der Waals surface area (Å²) in [6, 6.07) is 9.45. The maximum atomic E-state index is 14.1. The van der Waals surface area contributed by atoms with Crippen molar-refractivity contribution in [3.63, 3.8) is 0 Å². The number of pyridine rings is 1. The Morgan fingerprint density at radius 1 is 1.24 bits per heavy atom. The number of carbonyl (C=O) groups excluding carboxylic acids is 3. The van der Waals surface area contributed by atoms with Crippen LogP contribution in [0, 0.1) is 0 Å². The van der Waals surface area contributed by atoms with Crippen molar-refractivity contribution in [2.75, 3.05) is 19.7 Å². The predicted molar refractivity (Wildman–Crippen MR) is 148 cm³/mol. The van der Waals surface area contributed by atoms with Crippen molar-refractivity contribution < 1.29 is 32.3 Å². The van der Waals surface area contributed by atoms with Gasteiger partial charge in [-0.25, -0.2) is 5.01 Å². The third kappa shape index (κ3) is 6.42. The number of nitrogens with one attached hydrogen (secondary N) is 1. The minimum absolute atomic E-state index is 0.0131. The summed E-state index contributed by atoms with van der Waals surface area (Å²) in [6.45, 7) is 2.81. The highest BCUT2D eigenvalue weighted by Crippen LogP contribution is 2.43. The number of ether oxygens (including phenoxy) is 1. The Morgan fingerprint density at radius 3 is 2.60 bits per heavy atom. The number of nitrogens with two attached hydrogens (primary N) is 1. The molecule has 10 nitrogen and oxygen atoms in total. The first-order valence-corrected chi connectivity index (χ1v) is 13.6. The van der Waals surface area contributed by atoms with E-state index >= 15 is 0 Å². The number of nitrogens with zero attached hydrogens (tertiary/aromatic N) is 4. The van der Waals surface area contributed by atoms with Crippen LogP contribution in [-0.4, -0.2) is 81.8 Å². The van der Waals surface area contributed by atoms with Gasteiger partial charge in [-0.1, -0.05) is 29.8 Å². The van der Waals surface area contributed by atoms with E-state index in [0.29, 0.717) is 10.0 Å². The van der Waals surface area contributed by atoms with Gasteiger partial charge < -0.3 is 20.7 Å². The molecule has 1 aromatic heterocycles. The van der Waals surface area contributed by atoms with Crippen molar-refractivity contribution >= 4 is 35.0 Å². The third-order valence-corrected chi connectivity index (χ3v) is 7.50. The average molecular weight is 609 g/mol. The number of aromatic nitrogens is 1. The van der Waals surface area contributed by atoms with Crippen LogP contribution in [0.4, 0.5) is 13.2 Å². The van der Waals surface area contributed by atoms with Gasteiger partial charge in [-0.05, 0) is 50.6 Å². The van der Waals surface area contributed by atoms with E-state index in [1.807, 2.05) is 0 Å². The average Bonchev–Trinajstić information content (AvgIpc) is 3.19. The molecule has 0 aliphatic carbocycles. The molecule has 226 valence electrons. The summed E-state index contributed by atoms with van der Waals surface area (Å²) in [4.78, 5) is 46.3. The number of carbonyl (C=O) groups is 3. The number of benzene rings is 1. The van der Waals surface area contributed by atoms with Gasteiger partial charge in [0, 0.05) is 24.2 Å². The fraction of sp³-hybridized carbons (Fsp3) is 0.464. The first-order valence-electron chi connectivity index (χ1n) is 13.2. The lowest BCUT2D eigenvalue weighted by molar-refractivity contribution is -0.163. The molecule has 2 aliphatic heterocycles. The maximum absolute atomic E-state index is 14.1. The van der Waals surface area contributed by atoms with E-state index in [1.165, 1.54) is 31.0 Å². The number of alkyl halides is 3. The van der Waals surface area contributed by atoms with Crippen LogP contribution in [0.15, 0.2) is 53.8 Å². The van der Waals surface area contributed by atoms with Crippen LogP contribution in [-0.2, 0) is 31.1 Å². The van der Waals surface area contributed by atoms with E-state index in [9.17, 15) is 27.6 Å². The van der Waals surface area contributed by atoms with Crippen molar-refractivity contribution in [3.05, 3.63) is 64.9 Å². The molecule has 0 spiro atoms. The monoisotopic (exact) mass is 608 g/mol. The van der Waals surface area contributed by atoms with Crippen molar-refractivity contribution in [2.24, 2.45) is 10.8 Å². The predicted octanol–water partition coefficient (Wildman–Crippen LogP) is 2.79. The Kier molecular flexibility index (Phi) is 8.95. The Bertz CT molecular complexity index is 1370. The summed E-state index contributed by atoms with van der Waals surface area (Å²) in [6.07, 6.45) is -3.26. The third-order valence-electron chi connectivity index (χ3n) is 7.26. The molecule has 4 rings (SSSR count). The zero-order chi connectivity index (χ0) is 30.9. The molecule has 42 heavy (non-hydrogen) atoms. The lowest BCUT2D eigenvalue weighted by Crippen LogP contribution is -2.66. The number of hydrogen-bond acceptors (Lipinski definition) is 7. The van der Waals surface area contributed by atoms with Gasteiger partial charge in [0.15, 0.2) is 5.41 Å². The summed E-state index contributed by atoms with van der Waals surface area (Å²) in [7, 11) is 0. The number of rotatable bonds is 9. The molecule has 0 radical (unpaired) electrons. The molecule has 3 N–H and O–H groups in total. The molecule has 2 aliphatic rings. The normalized spacial score (nSPS) is 21.6. The maximum Gasteiger partial charge on any atom is 0.408 e. The van der Waals surface area contributed by atoms with Crippen molar-refractivity contribution in [3.8, 4) is 0 Å². The number of amides is 3. The van der Waals surface area contributed by atoms with Crippen LogP contribution < -0.4 is 11.1 Å². The SMILES string of the molecule is C[C@H]1N(C(=O)[C@@H](COCc2cccc(Cl)c2)NC(=O)C(C)(C)N)CCC2=NN(CC(F)(F)F)C(=O)[C@@]21c1ccccn1. The smallest absolute Gasteiger partial charge is 0.374 e. The topological polar surface area (TPSA) is 130 Å². The molecular weight excluding hydrogens is 577 g/mol. The van der Waals surface area contributed by atoms with Crippen LogP contribution in [0.3, 0.4) is 0 Å². The summed E-state index contributed by atoms with van der Waals surface area (Å²) in [5.41, 5.74) is 3.99. The Balaban J connectivity index is 1.65. The highest BCUT2D eigenvalue weighted by molar-refractivity contribution is 6.30. The molecule has 0 unspecified atom stereocenters. The standard InChI is InChI=1S/C28H32ClF3N6O4/c1-17-28(21-9-4-5-11-34-21)22(36-38(25(28)41)16-27(30,31)32)10-12-37(17)23(39)20(35-24(40)26(2,3)33)15-42-14-18-7-6-8-19(29)13-18/h4-9,11,13,17,20H,10,12,14-16,33H2,1-3H3,(H,35,40)/t17-,20-,28+/m1/s1. The number of hydrazone groups is 1. The van der Waals surface area contributed by atoms with Crippen LogP contribution in [0.25, 0.3) is 0 Å². The van der Waals surface area contributed by atoms with Gasteiger partial charge in [0.2, 0.25) is 11.8 Å². The van der Waals surface area contributed by atoms with E-state index in [2.05, 4.69) is 15.4 Å². The summed E-state index contributed by atoms with van der Waals surface area (Å²) in [5, 5.41) is 7.61. The quantitative estimate of drug-likeness (QED) is 0.450. The number of hydrogen-bond donors (Lipinski definition) is 2. The van der Waals surface area contributed by atoms with Crippen molar-refractivity contribution in [2.45, 2.75) is 63.0 Å². The number of fused-ring (bicyclic) bond motifs is 1. The highest BCUT2D eigenvalue weighted by Gasteiger charge is 2.62. The first-order chi connectivity index (χ1) is 19.6. The molecule has 0 saturated carbocycles. The zero-order valence-electron chi connectivity index (χ0n) is 23.3. The molecule has 2 aromatic rings. The van der Waals surface area contributed by atoms with E-state index < -0.39 is 53.5 Å². The minimum Gasteiger partial charge on any atom is -0.374 e. The van der Waals surface area contributed by atoms with Crippen LogP contribution in [0.5, 0.6) is 0 Å². The minimum atomic E-state index is -4.69. The second-order valence-corrected chi connectivity index (χ2v) is 11.3. The molecule has 0 bridgehead atoms. The number of halogens is 4. The van der Waals surface area contributed by atoms with Gasteiger partial charge in [0.05, 0.1) is 36.2 Å². The van der Waals surface area contributed by atoms with Crippen molar-refractivity contribution in [1.29, 1.82) is 0 Å².